The topological polar surface area (TPSA) is 88.8 Å². The number of hydrogen-bond acceptors (Lipinski definition) is 7. The Balaban J connectivity index is 1.40. The summed E-state index contributed by atoms with van der Waals surface area (Å²) >= 11 is 0. The first-order chi connectivity index (χ1) is 12.0. The van der Waals surface area contributed by atoms with Crippen LogP contribution in [0.3, 0.4) is 0 Å². The third kappa shape index (κ3) is 3.40. The van der Waals surface area contributed by atoms with E-state index in [1.54, 1.807) is 11.8 Å². The number of esters is 1. The molecule has 8 nitrogen and oxygen atoms in total. The Morgan fingerprint density at radius 2 is 2.16 bits per heavy atom. The van der Waals surface area contributed by atoms with E-state index < -0.39 is 0 Å². The van der Waals surface area contributed by atoms with E-state index in [0.717, 1.165) is 32.2 Å². The largest absolute Gasteiger partial charge is 0.461 e. The fourth-order valence-electron chi connectivity index (χ4n) is 3.82. The molecule has 3 heterocycles. The molecule has 0 radical (unpaired) electrons. The zero-order valence-electron chi connectivity index (χ0n) is 14.7. The SMILES string of the molecule is CC(=O)N(Cc1noc(C2CC2)n1)C1CCN(C2CC(C)OC2=O)C1. The van der Waals surface area contributed by atoms with Crippen LogP contribution in [-0.2, 0) is 20.9 Å². The zero-order valence-corrected chi connectivity index (χ0v) is 14.7. The lowest BCUT2D eigenvalue weighted by atomic mass is 10.1. The summed E-state index contributed by atoms with van der Waals surface area (Å²) in [4.78, 5) is 32.5. The normalized spacial score (nSPS) is 29.8. The van der Waals surface area contributed by atoms with Gasteiger partial charge in [-0.2, -0.15) is 4.98 Å². The van der Waals surface area contributed by atoms with Crippen molar-refractivity contribution in [1.82, 2.24) is 19.9 Å². The Kier molecular flexibility index (Phi) is 4.23. The maximum absolute atomic E-state index is 12.2. The van der Waals surface area contributed by atoms with Gasteiger partial charge in [-0.15, -0.1) is 0 Å². The van der Waals surface area contributed by atoms with Gasteiger partial charge in [0.05, 0.1) is 6.54 Å². The lowest BCUT2D eigenvalue weighted by Crippen LogP contribution is -2.43. The first-order valence-corrected chi connectivity index (χ1v) is 9.05. The van der Waals surface area contributed by atoms with Gasteiger partial charge in [-0.05, 0) is 26.2 Å². The van der Waals surface area contributed by atoms with E-state index in [1.165, 1.54) is 0 Å². The van der Waals surface area contributed by atoms with Crippen LogP contribution < -0.4 is 0 Å². The number of likely N-dealkylation sites (tertiary alicyclic amines) is 1. The quantitative estimate of drug-likeness (QED) is 0.736. The number of amides is 1. The van der Waals surface area contributed by atoms with E-state index >= 15 is 0 Å². The average molecular weight is 348 g/mol. The van der Waals surface area contributed by atoms with Gasteiger partial charge in [-0.1, -0.05) is 5.16 Å². The number of ether oxygens (including phenoxy) is 1. The maximum atomic E-state index is 12.2. The number of aromatic nitrogens is 2. The fraction of sp³-hybridized carbons (Fsp3) is 0.765. The fourth-order valence-corrected chi connectivity index (χ4v) is 3.82. The highest BCUT2D eigenvalue weighted by Gasteiger charge is 2.41. The van der Waals surface area contributed by atoms with Gasteiger partial charge in [-0.25, -0.2) is 0 Å². The summed E-state index contributed by atoms with van der Waals surface area (Å²) in [6.45, 7) is 5.31. The van der Waals surface area contributed by atoms with Gasteiger partial charge in [0.1, 0.15) is 12.1 Å². The van der Waals surface area contributed by atoms with E-state index in [-0.39, 0.29) is 30.1 Å². The van der Waals surface area contributed by atoms with Gasteiger partial charge in [0.2, 0.25) is 11.8 Å². The molecule has 4 rings (SSSR count). The minimum Gasteiger partial charge on any atom is -0.461 e. The van der Waals surface area contributed by atoms with Crippen LogP contribution in [0, 0.1) is 0 Å². The number of hydrogen-bond donors (Lipinski definition) is 0. The molecule has 1 saturated carbocycles. The van der Waals surface area contributed by atoms with E-state index in [1.807, 2.05) is 6.92 Å². The van der Waals surface area contributed by atoms with E-state index in [9.17, 15) is 9.59 Å². The highest BCUT2D eigenvalue weighted by atomic mass is 16.6. The van der Waals surface area contributed by atoms with Crippen LogP contribution in [0.4, 0.5) is 0 Å². The first kappa shape index (κ1) is 16.5. The van der Waals surface area contributed by atoms with Crippen molar-refractivity contribution in [2.45, 2.75) is 70.2 Å². The summed E-state index contributed by atoms with van der Waals surface area (Å²) < 4.78 is 10.6. The number of carbonyl (C=O) groups excluding carboxylic acids is 2. The van der Waals surface area contributed by atoms with Crippen LogP contribution in [0.15, 0.2) is 4.52 Å². The Morgan fingerprint density at radius 3 is 2.80 bits per heavy atom. The minimum atomic E-state index is -0.180. The lowest BCUT2D eigenvalue weighted by molar-refractivity contribution is -0.144. The molecule has 2 aliphatic heterocycles. The van der Waals surface area contributed by atoms with Crippen molar-refractivity contribution in [3.8, 4) is 0 Å². The molecule has 1 aromatic rings. The molecule has 0 N–H and O–H groups in total. The van der Waals surface area contributed by atoms with E-state index in [2.05, 4.69) is 15.0 Å². The molecule has 25 heavy (non-hydrogen) atoms. The second-order valence-electron chi connectivity index (χ2n) is 7.41. The maximum Gasteiger partial charge on any atom is 0.323 e. The van der Waals surface area contributed by atoms with Gasteiger partial charge in [0.25, 0.3) is 0 Å². The summed E-state index contributed by atoms with van der Waals surface area (Å²) in [6, 6.07) is -0.121. The van der Waals surface area contributed by atoms with Crippen LogP contribution >= 0.6 is 0 Å². The molecule has 8 heteroatoms. The van der Waals surface area contributed by atoms with Crippen molar-refractivity contribution in [3.63, 3.8) is 0 Å². The Hall–Kier alpha value is -1.96. The second kappa shape index (κ2) is 6.40. The molecule has 1 amide bonds. The molecule has 1 aliphatic carbocycles. The van der Waals surface area contributed by atoms with Gasteiger partial charge in [0, 0.05) is 38.4 Å². The molecule has 0 bridgehead atoms. The molecule has 1 aromatic heterocycles. The lowest BCUT2D eigenvalue weighted by Gasteiger charge is -2.27. The molecule has 0 aromatic carbocycles. The monoisotopic (exact) mass is 348 g/mol. The predicted octanol–water partition coefficient (Wildman–Crippen LogP) is 1.07. The zero-order chi connectivity index (χ0) is 17.6. The average Bonchev–Trinajstić information content (AvgIpc) is 2.98. The molecule has 3 fully saturated rings. The number of carbonyl (C=O) groups is 2. The van der Waals surface area contributed by atoms with Crippen molar-refractivity contribution >= 4 is 11.9 Å². The Bertz CT molecular complexity index is 671. The summed E-state index contributed by atoms with van der Waals surface area (Å²) in [5.74, 6) is 1.50. The van der Waals surface area contributed by atoms with Gasteiger partial charge in [0.15, 0.2) is 5.82 Å². The van der Waals surface area contributed by atoms with Crippen molar-refractivity contribution < 1.29 is 18.8 Å². The molecular weight excluding hydrogens is 324 g/mol. The summed E-state index contributed by atoms with van der Waals surface area (Å²) in [7, 11) is 0. The Morgan fingerprint density at radius 1 is 1.36 bits per heavy atom. The summed E-state index contributed by atoms with van der Waals surface area (Å²) in [5.41, 5.74) is 0. The molecule has 3 unspecified atom stereocenters. The third-order valence-electron chi connectivity index (χ3n) is 5.35. The molecule has 136 valence electrons. The molecule has 0 spiro atoms. The number of nitrogens with zero attached hydrogens (tertiary/aromatic N) is 4. The minimum absolute atomic E-state index is 0.00742. The summed E-state index contributed by atoms with van der Waals surface area (Å²) in [5, 5.41) is 4.02. The smallest absolute Gasteiger partial charge is 0.323 e. The van der Waals surface area contributed by atoms with Crippen LogP contribution in [0.25, 0.3) is 0 Å². The highest BCUT2D eigenvalue weighted by molar-refractivity contribution is 5.78. The first-order valence-electron chi connectivity index (χ1n) is 9.05. The van der Waals surface area contributed by atoms with Crippen LogP contribution in [0.1, 0.15) is 57.2 Å². The predicted molar refractivity (Wildman–Crippen MR) is 86.4 cm³/mol. The highest BCUT2D eigenvalue weighted by Crippen LogP contribution is 2.39. The standard InChI is InChI=1S/C17H24N4O4/c1-10-7-14(17(23)24-10)20-6-5-13(8-20)21(11(2)22)9-15-18-16(25-19-15)12-3-4-12/h10,12-14H,3-9H2,1-2H3. The molecule has 2 saturated heterocycles. The van der Waals surface area contributed by atoms with Crippen LogP contribution in [0.5, 0.6) is 0 Å². The van der Waals surface area contributed by atoms with E-state index in [4.69, 9.17) is 9.26 Å². The molecular formula is C17H24N4O4. The molecule has 3 atom stereocenters. The third-order valence-corrected chi connectivity index (χ3v) is 5.35. The van der Waals surface area contributed by atoms with Gasteiger partial charge >= 0.3 is 5.97 Å². The van der Waals surface area contributed by atoms with Crippen molar-refractivity contribution in [2.75, 3.05) is 13.1 Å². The number of cyclic esters (lactones) is 1. The van der Waals surface area contributed by atoms with Crippen molar-refractivity contribution in [2.24, 2.45) is 0 Å². The van der Waals surface area contributed by atoms with Crippen molar-refractivity contribution in [3.05, 3.63) is 11.7 Å². The second-order valence-corrected chi connectivity index (χ2v) is 7.41. The summed E-state index contributed by atoms with van der Waals surface area (Å²) in [6.07, 6.45) is 3.74. The molecule has 3 aliphatic rings. The Labute approximate surface area is 146 Å². The van der Waals surface area contributed by atoms with Gasteiger partial charge < -0.3 is 14.2 Å². The van der Waals surface area contributed by atoms with Gasteiger partial charge in [-0.3, -0.25) is 14.5 Å². The van der Waals surface area contributed by atoms with Crippen LogP contribution in [0.2, 0.25) is 0 Å². The number of rotatable bonds is 5. The van der Waals surface area contributed by atoms with Crippen LogP contribution in [-0.4, -0.2) is 63.1 Å². The van der Waals surface area contributed by atoms with E-state index in [0.29, 0.717) is 30.7 Å². The van der Waals surface area contributed by atoms with Crippen molar-refractivity contribution in [1.29, 1.82) is 0 Å².